The maximum absolute atomic E-state index is 5.89. The molecule has 1 aliphatic rings. The zero-order chi connectivity index (χ0) is 25.2. The second-order valence-corrected chi connectivity index (χ2v) is 9.67. The number of nitrogens with one attached hydrogen (secondary N) is 1. The summed E-state index contributed by atoms with van der Waals surface area (Å²) in [5.74, 6) is 1.08. The Balaban J connectivity index is 1.58. The molecule has 5 rings (SSSR count). The third-order valence-corrected chi connectivity index (χ3v) is 7.21. The average Bonchev–Trinajstić information content (AvgIpc) is 3.37. The van der Waals surface area contributed by atoms with E-state index in [1.54, 1.807) is 0 Å². The predicted octanol–water partition coefficient (Wildman–Crippen LogP) is 6.78. The molecular weight excluding hydrogens is 464 g/mol. The number of nitrogens with zero attached hydrogens (tertiary/aromatic N) is 3. The van der Waals surface area contributed by atoms with Gasteiger partial charge in [-0.2, -0.15) is 4.98 Å². The van der Waals surface area contributed by atoms with Gasteiger partial charge in [-0.05, 0) is 61.7 Å². The first-order valence-corrected chi connectivity index (χ1v) is 12.7. The largest absolute Gasteiger partial charge is 0.351 e. The fourth-order valence-electron chi connectivity index (χ4n) is 4.56. The quantitative estimate of drug-likeness (QED) is 0.298. The summed E-state index contributed by atoms with van der Waals surface area (Å²) in [6.07, 6.45) is 0.990. The van der Waals surface area contributed by atoms with Gasteiger partial charge >= 0.3 is 0 Å². The van der Waals surface area contributed by atoms with E-state index >= 15 is 0 Å². The topological polar surface area (TPSA) is 54.2 Å². The van der Waals surface area contributed by atoms with E-state index in [0.717, 1.165) is 28.8 Å². The maximum atomic E-state index is 5.89. The minimum atomic E-state index is -0.193. The molecule has 0 bridgehead atoms. The molecule has 182 valence electrons. The molecule has 36 heavy (non-hydrogen) atoms. The predicted molar refractivity (Wildman–Crippen MR) is 148 cm³/mol. The Bertz CT molecular complexity index is 1420. The highest BCUT2D eigenvalue weighted by Gasteiger charge is 2.34. The Hall–Kier alpha value is -3.77. The van der Waals surface area contributed by atoms with Crippen molar-refractivity contribution in [1.29, 1.82) is 0 Å². The number of benzene rings is 3. The van der Waals surface area contributed by atoms with Gasteiger partial charge in [0.2, 0.25) is 5.82 Å². The summed E-state index contributed by atoms with van der Waals surface area (Å²) in [7, 11) is 0. The van der Waals surface area contributed by atoms with Crippen LogP contribution in [0.1, 0.15) is 53.6 Å². The van der Waals surface area contributed by atoms with E-state index in [2.05, 4.69) is 104 Å². The fraction of sp³-hybridized carbons (Fsp3) is 0.233. The lowest BCUT2D eigenvalue weighted by molar-refractivity contribution is 0.396. The minimum absolute atomic E-state index is 0.193. The van der Waals surface area contributed by atoms with Crippen LogP contribution in [0.4, 0.5) is 0 Å². The molecule has 0 radical (unpaired) electrons. The summed E-state index contributed by atoms with van der Waals surface area (Å²) in [4.78, 5) is 6.96. The van der Waals surface area contributed by atoms with Crippen LogP contribution in [0.15, 0.2) is 83.0 Å². The first-order chi connectivity index (χ1) is 17.4. The summed E-state index contributed by atoms with van der Waals surface area (Å²) >= 11 is 5.87. The van der Waals surface area contributed by atoms with Gasteiger partial charge in [0.05, 0.1) is 18.2 Å². The standard InChI is InChI=1S/C30H30N4OS/c1-5-22-12-16-24(17-13-22)28-32-29(35-33-28)26-21(4)34(18-25-9-7-6-8-20(25)3)30(36)31-27(26)23-14-10-19(2)11-15-23/h6-17,27H,5,18H2,1-4H3,(H,31,36). The lowest BCUT2D eigenvalue weighted by atomic mass is 9.94. The van der Waals surface area contributed by atoms with E-state index in [0.29, 0.717) is 23.4 Å². The van der Waals surface area contributed by atoms with E-state index in [9.17, 15) is 0 Å². The Morgan fingerprint density at radius 2 is 1.67 bits per heavy atom. The van der Waals surface area contributed by atoms with Crippen LogP contribution in [0.5, 0.6) is 0 Å². The normalized spacial score (nSPS) is 15.8. The SMILES string of the molecule is CCc1ccc(-c2noc(C3=C(C)N(Cc4ccccc4C)C(=S)NC3c3ccc(C)cc3)n2)cc1. The van der Waals surface area contributed by atoms with Gasteiger partial charge in [-0.15, -0.1) is 0 Å². The van der Waals surface area contributed by atoms with E-state index in [-0.39, 0.29) is 6.04 Å². The molecule has 2 heterocycles. The summed E-state index contributed by atoms with van der Waals surface area (Å²) in [6, 6.07) is 25.0. The number of aromatic nitrogens is 2. The number of hydrogen-bond donors (Lipinski definition) is 1. The highest BCUT2D eigenvalue weighted by Crippen LogP contribution is 2.38. The molecule has 0 amide bonds. The van der Waals surface area contributed by atoms with Gasteiger partial charge < -0.3 is 14.7 Å². The molecule has 1 aromatic heterocycles. The van der Waals surface area contributed by atoms with Crippen LogP contribution in [-0.2, 0) is 13.0 Å². The van der Waals surface area contributed by atoms with E-state index in [1.165, 1.54) is 22.3 Å². The van der Waals surface area contributed by atoms with Crippen LogP contribution in [0, 0.1) is 13.8 Å². The number of rotatable bonds is 6. The molecule has 0 saturated carbocycles. The summed E-state index contributed by atoms with van der Waals surface area (Å²) in [5, 5.41) is 8.57. The molecule has 0 spiro atoms. The molecule has 4 aromatic rings. The molecule has 1 unspecified atom stereocenters. The molecule has 0 saturated heterocycles. The molecule has 1 aliphatic heterocycles. The molecule has 6 heteroatoms. The van der Waals surface area contributed by atoms with Crippen molar-refractivity contribution < 1.29 is 4.52 Å². The fourth-order valence-corrected chi connectivity index (χ4v) is 4.87. The second-order valence-electron chi connectivity index (χ2n) is 9.28. The minimum Gasteiger partial charge on any atom is -0.351 e. The number of aryl methyl sites for hydroxylation is 3. The van der Waals surface area contributed by atoms with E-state index in [4.69, 9.17) is 21.7 Å². The zero-order valence-electron chi connectivity index (χ0n) is 21.1. The highest BCUT2D eigenvalue weighted by atomic mass is 32.1. The summed E-state index contributed by atoms with van der Waals surface area (Å²) in [6.45, 7) is 9.10. The first-order valence-electron chi connectivity index (χ1n) is 12.3. The van der Waals surface area contributed by atoms with Crippen molar-refractivity contribution in [3.05, 3.63) is 112 Å². The number of thiocarbonyl (C=S) groups is 1. The van der Waals surface area contributed by atoms with Crippen LogP contribution >= 0.6 is 12.2 Å². The number of allylic oxidation sites excluding steroid dienone is 1. The Morgan fingerprint density at radius 1 is 0.944 bits per heavy atom. The van der Waals surface area contributed by atoms with Gasteiger partial charge in [0, 0.05) is 11.3 Å². The Labute approximate surface area is 217 Å². The average molecular weight is 495 g/mol. The summed E-state index contributed by atoms with van der Waals surface area (Å²) in [5.41, 5.74) is 8.90. The molecule has 0 fully saturated rings. The van der Waals surface area contributed by atoms with Crippen molar-refractivity contribution in [3.63, 3.8) is 0 Å². The molecule has 1 N–H and O–H groups in total. The lowest BCUT2D eigenvalue weighted by Crippen LogP contribution is -2.45. The van der Waals surface area contributed by atoms with Crippen molar-refractivity contribution >= 4 is 22.9 Å². The monoisotopic (exact) mass is 494 g/mol. The van der Waals surface area contributed by atoms with Crippen molar-refractivity contribution in [3.8, 4) is 11.4 Å². The molecule has 1 atom stereocenters. The maximum Gasteiger partial charge on any atom is 0.258 e. The summed E-state index contributed by atoms with van der Waals surface area (Å²) < 4.78 is 5.89. The van der Waals surface area contributed by atoms with Crippen LogP contribution < -0.4 is 5.32 Å². The third kappa shape index (κ3) is 4.69. The van der Waals surface area contributed by atoms with Crippen LogP contribution in [0.25, 0.3) is 17.0 Å². The van der Waals surface area contributed by atoms with E-state index < -0.39 is 0 Å². The van der Waals surface area contributed by atoms with Crippen molar-refractivity contribution in [2.24, 2.45) is 0 Å². The highest BCUT2D eigenvalue weighted by molar-refractivity contribution is 7.80. The van der Waals surface area contributed by atoms with Gasteiger partial charge in [-0.3, -0.25) is 0 Å². The van der Waals surface area contributed by atoms with Crippen molar-refractivity contribution in [2.75, 3.05) is 0 Å². The first kappa shape index (κ1) is 23.9. The van der Waals surface area contributed by atoms with Gasteiger partial charge in [0.1, 0.15) is 0 Å². The lowest BCUT2D eigenvalue weighted by Gasteiger charge is -2.37. The number of hydrogen-bond acceptors (Lipinski definition) is 4. The van der Waals surface area contributed by atoms with Gasteiger partial charge in [0.25, 0.3) is 5.89 Å². The van der Waals surface area contributed by atoms with Crippen molar-refractivity contribution in [2.45, 2.75) is 46.7 Å². The van der Waals surface area contributed by atoms with Crippen LogP contribution in [-0.4, -0.2) is 20.2 Å². The smallest absolute Gasteiger partial charge is 0.258 e. The molecule has 5 nitrogen and oxygen atoms in total. The van der Waals surface area contributed by atoms with Gasteiger partial charge in [-0.25, -0.2) is 0 Å². The van der Waals surface area contributed by atoms with Crippen LogP contribution in [0.2, 0.25) is 0 Å². The van der Waals surface area contributed by atoms with Crippen molar-refractivity contribution in [1.82, 2.24) is 20.4 Å². The van der Waals surface area contributed by atoms with E-state index in [1.807, 2.05) is 12.1 Å². The molecule has 3 aromatic carbocycles. The van der Waals surface area contributed by atoms with Gasteiger partial charge in [0.15, 0.2) is 5.11 Å². The second kappa shape index (κ2) is 10.1. The molecular formula is C30H30N4OS. The third-order valence-electron chi connectivity index (χ3n) is 6.87. The Morgan fingerprint density at radius 3 is 2.36 bits per heavy atom. The van der Waals surface area contributed by atoms with Crippen LogP contribution in [0.3, 0.4) is 0 Å². The Kier molecular flexibility index (Phi) is 6.70. The molecule has 0 aliphatic carbocycles. The van der Waals surface area contributed by atoms with Gasteiger partial charge in [-0.1, -0.05) is 90.4 Å². The zero-order valence-corrected chi connectivity index (χ0v) is 21.9.